The maximum absolute atomic E-state index is 10.8. The summed E-state index contributed by atoms with van der Waals surface area (Å²) in [6.07, 6.45) is 0.756. The summed E-state index contributed by atoms with van der Waals surface area (Å²) in [6, 6.07) is 14.3. The van der Waals surface area contributed by atoms with Crippen LogP contribution in [0.15, 0.2) is 42.5 Å². The van der Waals surface area contributed by atoms with Crippen molar-refractivity contribution in [1.82, 2.24) is 9.55 Å². The average Bonchev–Trinajstić information content (AvgIpc) is 2.89. The van der Waals surface area contributed by atoms with Crippen molar-refractivity contribution in [3.63, 3.8) is 0 Å². The number of nitrogens with zero attached hydrogens (tertiary/aromatic N) is 2. The Balaban J connectivity index is 2.07. The summed E-state index contributed by atoms with van der Waals surface area (Å²) >= 11 is 0. The monoisotopic (exact) mass is 308 g/mol. The molecule has 1 aromatic heterocycles. The van der Waals surface area contributed by atoms with Gasteiger partial charge < -0.3 is 9.67 Å². The van der Waals surface area contributed by atoms with Crippen LogP contribution in [-0.2, 0) is 11.3 Å². The molecule has 0 unspecified atom stereocenters. The van der Waals surface area contributed by atoms with Gasteiger partial charge in [-0.15, -0.1) is 0 Å². The number of carbonyl (C=O) groups is 1. The normalized spacial score (nSPS) is 11.0. The molecule has 0 saturated carbocycles. The zero-order valence-corrected chi connectivity index (χ0v) is 13.4. The van der Waals surface area contributed by atoms with Crippen molar-refractivity contribution in [1.29, 1.82) is 0 Å². The molecule has 118 valence electrons. The number of fused-ring (bicyclic) bond motifs is 1. The van der Waals surface area contributed by atoms with E-state index in [1.54, 1.807) is 0 Å². The molecular weight excluding hydrogens is 288 g/mol. The predicted octanol–water partition coefficient (Wildman–Crippen LogP) is 4.18. The average molecular weight is 308 g/mol. The van der Waals surface area contributed by atoms with Gasteiger partial charge in [0.25, 0.3) is 0 Å². The number of benzene rings is 2. The minimum Gasteiger partial charge on any atom is -0.481 e. The molecule has 0 aliphatic rings. The lowest BCUT2D eigenvalue weighted by atomic mass is 10.1. The maximum atomic E-state index is 10.8. The number of imidazole rings is 1. The van der Waals surface area contributed by atoms with E-state index in [-0.39, 0.29) is 6.42 Å². The number of hydrogen-bond donors (Lipinski definition) is 1. The Hall–Kier alpha value is -2.62. The number of aromatic nitrogens is 2. The van der Waals surface area contributed by atoms with E-state index in [9.17, 15) is 4.79 Å². The highest BCUT2D eigenvalue weighted by Crippen LogP contribution is 2.26. The summed E-state index contributed by atoms with van der Waals surface area (Å²) in [6.45, 7) is 4.83. The van der Waals surface area contributed by atoms with E-state index in [0.717, 1.165) is 22.4 Å². The van der Waals surface area contributed by atoms with Crippen LogP contribution in [0, 0.1) is 13.8 Å². The molecule has 0 aliphatic carbocycles. The lowest BCUT2D eigenvalue weighted by Gasteiger charge is -2.10. The lowest BCUT2D eigenvalue weighted by molar-refractivity contribution is -0.137. The Morgan fingerprint density at radius 1 is 1.13 bits per heavy atom. The van der Waals surface area contributed by atoms with Gasteiger partial charge in [-0.1, -0.05) is 24.3 Å². The summed E-state index contributed by atoms with van der Waals surface area (Å²) in [5.41, 5.74) is 5.54. The first-order valence-corrected chi connectivity index (χ1v) is 7.81. The van der Waals surface area contributed by atoms with E-state index in [4.69, 9.17) is 10.1 Å². The van der Waals surface area contributed by atoms with E-state index in [2.05, 4.69) is 36.6 Å². The molecule has 0 atom stereocenters. The van der Waals surface area contributed by atoms with Gasteiger partial charge in [-0.3, -0.25) is 4.79 Å². The molecule has 2 aromatic carbocycles. The number of carboxylic acid groups (broad SMARTS) is 1. The zero-order valence-electron chi connectivity index (χ0n) is 13.4. The molecule has 1 N–H and O–H groups in total. The minimum absolute atomic E-state index is 0.166. The van der Waals surface area contributed by atoms with Crippen molar-refractivity contribution < 1.29 is 9.90 Å². The summed E-state index contributed by atoms with van der Waals surface area (Å²) in [7, 11) is 0. The standard InChI is InChI=1S/C19H20N2O2/c1-13-9-10-15(12-14(13)2)19-20-16-6-3-4-7-17(16)21(19)11-5-8-18(22)23/h3-4,6-7,9-10,12H,5,8,11H2,1-2H3,(H,22,23). The van der Waals surface area contributed by atoms with Crippen LogP contribution in [0.4, 0.5) is 0 Å². The number of hydrogen-bond acceptors (Lipinski definition) is 2. The highest BCUT2D eigenvalue weighted by molar-refractivity contribution is 5.80. The van der Waals surface area contributed by atoms with Gasteiger partial charge in [0.15, 0.2) is 0 Å². The van der Waals surface area contributed by atoms with E-state index in [1.807, 2.05) is 24.3 Å². The predicted molar refractivity (Wildman–Crippen MR) is 91.5 cm³/mol. The van der Waals surface area contributed by atoms with Crippen LogP contribution >= 0.6 is 0 Å². The first-order valence-electron chi connectivity index (χ1n) is 7.81. The molecule has 0 bridgehead atoms. The first kappa shape index (κ1) is 15.3. The Bertz CT molecular complexity index is 865. The molecule has 0 amide bonds. The van der Waals surface area contributed by atoms with Crippen LogP contribution in [0.1, 0.15) is 24.0 Å². The second-order valence-corrected chi connectivity index (χ2v) is 5.87. The van der Waals surface area contributed by atoms with Crippen molar-refractivity contribution >= 4 is 17.0 Å². The first-order chi connectivity index (χ1) is 11.1. The number of carboxylic acids is 1. The molecule has 0 aliphatic heterocycles. The van der Waals surface area contributed by atoms with E-state index >= 15 is 0 Å². The van der Waals surface area contributed by atoms with Crippen molar-refractivity contribution in [3.05, 3.63) is 53.6 Å². The largest absolute Gasteiger partial charge is 0.481 e. The number of rotatable bonds is 5. The van der Waals surface area contributed by atoms with E-state index in [0.29, 0.717) is 13.0 Å². The molecule has 0 fully saturated rings. The molecule has 0 saturated heterocycles. The van der Waals surface area contributed by atoms with E-state index in [1.165, 1.54) is 11.1 Å². The SMILES string of the molecule is Cc1ccc(-c2nc3ccccc3n2CCCC(=O)O)cc1C. The highest BCUT2D eigenvalue weighted by Gasteiger charge is 2.13. The van der Waals surface area contributed by atoms with Gasteiger partial charge in [0.1, 0.15) is 5.82 Å². The summed E-state index contributed by atoms with van der Waals surface area (Å²) in [5.74, 6) is 0.141. The molecular formula is C19H20N2O2. The zero-order chi connectivity index (χ0) is 16.4. The summed E-state index contributed by atoms with van der Waals surface area (Å²) in [5, 5.41) is 8.88. The molecule has 23 heavy (non-hydrogen) atoms. The second kappa shape index (κ2) is 6.24. The van der Waals surface area contributed by atoms with Gasteiger partial charge in [-0.25, -0.2) is 4.98 Å². The van der Waals surface area contributed by atoms with Gasteiger partial charge in [0.05, 0.1) is 11.0 Å². The van der Waals surface area contributed by atoms with Gasteiger partial charge in [-0.2, -0.15) is 0 Å². The second-order valence-electron chi connectivity index (χ2n) is 5.87. The third-order valence-electron chi connectivity index (χ3n) is 4.19. The van der Waals surface area contributed by atoms with Crippen LogP contribution in [-0.4, -0.2) is 20.6 Å². The quantitative estimate of drug-likeness (QED) is 0.769. The molecule has 1 heterocycles. The van der Waals surface area contributed by atoms with Crippen molar-refractivity contribution in [2.75, 3.05) is 0 Å². The fraction of sp³-hybridized carbons (Fsp3) is 0.263. The molecule has 4 heteroatoms. The molecule has 3 aromatic rings. The topological polar surface area (TPSA) is 55.1 Å². The third-order valence-corrected chi connectivity index (χ3v) is 4.19. The third kappa shape index (κ3) is 3.11. The molecule has 0 spiro atoms. The maximum Gasteiger partial charge on any atom is 0.303 e. The number of aliphatic carboxylic acids is 1. The van der Waals surface area contributed by atoms with Crippen LogP contribution in [0.25, 0.3) is 22.4 Å². The Kier molecular flexibility index (Phi) is 4.15. The number of aryl methyl sites for hydroxylation is 3. The van der Waals surface area contributed by atoms with Crippen LogP contribution < -0.4 is 0 Å². The molecule has 0 radical (unpaired) electrons. The van der Waals surface area contributed by atoms with Crippen LogP contribution in [0.3, 0.4) is 0 Å². The van der Waals surface area contributed by atoms with Crippen molar-refractivity contribution in [3.8, 4) is 11.4 Å². The van der Waals surface area contributed by atoms with Crippen molar-refractivity contribution in [2.24, 2.45) is 0 Å². The Labute approximate surface area is 135 Å². The lowest BCUT2D eigenvalue weighted by Crippen LogP contribution is -2.04. The number of para-hydroxylation sites is 2. The summed E-state index contributed by atoms with van der Waals surface area (Å²) in [4.78, 5) is 15.6. The fourth-order valence-corrected chi connectivity index (χ4v) is 2.79. The van der Waals surface area contributed by atoms with Crippen molar-refractivity contribution in [2.45, 2.75) is 33.2 Å². The fourth-order valence-electron chi connectivity index (χ4n) is 2.79. The smallest absolute Gasteiger partial charge is 0.303 e. The van der Waals surface area contributed by atoms with Gasteiger partial charge in [-0.05, 0) is 49.6 Å². The molecule has 3 rings (SSSR count). The highest BCUT2D eigenvalue weighted by atomic mass is 16.4. The van der Waals surface area contributed by atoms with Gasteiger partial charge in [0, 0.05) is 18.5 Å². The Morgan fingerprint density at radius 2 is 1.91 bits per heavy atom. The van der Waals surface area contributed by atoms with Crippen LogP contribution in [0.5, 0.6) is 0 Å². The van der Waals surface area contributed by atoms with Gasteiger partial charge >= 0.3 is 5.97 Å². The summed E-state index contributed by atoms with van der Waals surface area (Å²) < 4.78 is 2.13. The molecule has 4 nitrogen and oxygen atoms in total. The minimum atomic E-state index is -0.762. The van der Waals surface area contributed by atoms with E-state index < -0.39 is 5.97 Å². The Morgan fingerprint density at radius 3 is 2.65 bits per heavy atom. The van der Waals surface area contributed by atoms with Crippen LogP contribution in [0.2, 0.25) is 0 Å². The van der Waals surface area contributed by atoms with Gasteiger partial charge in [0.2, 0.25) is 0 Å².